The topological polar surface area (TPSA) is 79.0 Å². The van der Waals surface area contributed by atoms with Crippen molar-refractivity contribution < 1.29 is 17.9 Å². The number of hydrogen-bond acceptors (Lipinski definition) is 5. The second-order valence-electron chi connectivity index (χ2n) is 7.28. The maximum Gasteiger partial charge on any atom is 0.240 e. The summed E-state index contributed by atoms with van der Waals surface area (Å²) in [7, 11) is -3.57. The third-order valence-corrected chi connectivity index (χ3v) is 6.65. The van der Waals surface area contributed by atoms with Gasteiger partial charge in [-0.15, -0.1) is 0 Å². The lowest BCUT2D eigenvalue weighted by Gasteiger charge is -2.35. The molecule has 1 amide bonds. The van der Waals surface area contributed by atoms with Gasteiger partial charge in [-0.2, -0.15) is 0 Å². The second kappa shape index (κ2) is 9.14. The Morgan fingerprint density at radius 1 is 1.19 bits per heavy atom. The van der Waals surface area contributed by atoms with Gasteiger partial charge in [0.05, 0.1) is 11.0 Å². The fourth-order valence-electron chi connectivity index (χ4n) is 3.51. The third-order valence-electron chi connectivity index (χ3n) is 5.17. The number of ether oxygens (including phenoxy) is 1. The normalized spacial score (nSPS) is 21.5. The minimum atomic E-state index is -3.57. The van der Waals surface area contributed by atoms with Crippen LogP contribution in [0.1, 0.15) is 24.8 Å². The van der Waals surface area contributed by atoms with Gasteiger partial charge in [-0.1, -0.05) is 17.7 Å². The van der Waals surface area contributed by atoms with E-state index >= 15 is 0 Å². The molecule has 0 spiro atoms. The van der Waals surface area contributed by atoms with Crippen molar-refractivity contribution in [2.45, 2.75) is 37.2 Å². The van der Waals surface area contributed by atoms with Gasteiger partial charge in [-0.05, 0) is 31.9 Å². The molecule has 2 aliphatic rings. The van der Waals surface area contributed by atoms with Crippen LogP contribution in [0.3, 0.4) is 0 Å². The molecule has 2 aliphatic heterocycles. The van der Waals surface area contributed by atoms with Crippen LogP contribution in [-0.2, 0) is 19.6 Å². The van der Waals surface area contributed by atoms with E-state index in [0.717, 1.165) is 44.6 Å². The molecule has 3 rings (SSSR count). The molecular weight excluding hydrogens is 366 g/mol. The number of hydrogen-bond donors (Lipinski definition) is 1. The molecule has 1 aromatic carbocycles. The zero-order valence-corrected chi connectivity index (χ0v) is 16.7. The van der Waals surface area contributed by atoms with Gasteiger partial charge < -0.3 is 9.64 Å². The van der Waals surface area contributed by atoms with E-state index in [0.29, 0.717) is 19.2 Å². The summed E-state index contributed by atoms with van der Waals surface area (Å²) in [6, 6.07) is 6.67. The highest BCUT2D eigenvalue weighted by molar-refractivity contribution is 7.89. The van der Waals surface area contributed by atoms with Gasteiger partial charge in [-0.25, -0.2) is 13.1 Å². The number of benzene rings is 1. The average molecular weight is 396 g/mol. The smallest absolute Gasteiger partial charge is 0.240 e. The number of carbonyl (C=O) groups is 1. The first-order valence-electron chi connectivity index (χ1n) is 9.62. The van der Waals surface area contributed by atoms with E-state index in [1.165, 1.54) is 0 Å². The summed E-state index contributed by atoms with van der Waals surface area (Å²) >= 11 is 0. The molecule has 2 heterocycles. The van der Waals surface area contributed by atoms with E-state index < -0.39 is 10.0 Å². The van der Waals surface area contributed by atoms with Gasteiger partial charge in [0.2, 0.25) is 15.9 Å². The predicted molar refractivity (Wildman–Crippen MR) is 103 cm³/mol. The zero-order chi connectivity index (χ0) is 19.3. The monoisotopic (exact) mass is 395 g/mol. The number of nitrogens with one attached hydrogen (secondary N) is 1. The molecule has 0 aromatic heterocycles. The SMILES string of the molecule is Cc1ccc(S(=O)(=O)NCCC(=O)N2CCN(C[C@@H]3CCCO3)CC2)cc1. The van der Waals surface area contributed by atoms with Crippen molar-refractivity contribution in [3.63, 3.8) is 0 Å². The van der Waals surface area contributed by atoms with Gasteiger partial charge in [0, 0.05) is 52.3 Å². The second-order valence-corrected chi connectivity index (χ2v) is 9.04. The Balaban J connectivity index is 1.39. The van der Waals surface area contributed by atoms with E-state index in [2.05, 4.69) is 9.62 Å². The van der Waals surface area contributed by atoms with Crippen LogP contribution in [-0.4, -0.2) is 76.1 Å². The number of nitrogens with zero attached hydrogens (tertiary/aromatic N) is 2. The van der Waals surface area contributed by atoms with Crippen LogP contribution < -0.4 is 4.72 Å². The number of carbonyl (C=O) groups excluding carboxylic acids is 1. The van der Waals surface area contributed by atoms with Crippen molar-refractivity contribution in [3.8, 4) is 0 Å². The molecule has 27 heavy (non-hydrogen) atoms. The maximum atomic E-state index is 12.4. The molecule has 0 unspecified atom stereocenters. The Kier molecular flexibility index (Phi) is 6.86. The molecule has 0 aliphatic carbocycles. The molecule has 2 fully saturated rings. The lowest BCUT2D eigenvalue weighted by Crippen LogP contribution is -2.50. The summed E-state index contributed by atoms with van der Waals surface area (Å²) in [5.41, 5.74) is 1.00. The van der Waals surface area contributed by atoms with Crippen molar-refractivity contribution in [1.82, 2.24) is 14.5 Å². The Hall–Kier alpha value is -1.48. The molecule has 0 radical (unpaired) electrons. The molecule has 8 heteroatoms. The van der Waals surface area contributed by atoms with Crippen LogP contribution >= 0.6 is 0 Å². The first-order chi connectivity index (χ1) is 12.9. The van der Waals surface area contributed by atoms with E-state index in [9.17, 15) is 13.2 Å². The molecule has 1 N–H and O–H groups in total. The van der Waals surface area contributed by atoms with Crippen molar-refractivity contribution in [1.29, 1.82) is 0 Å². The van der Waals surface area contributed by atoms with Crippen molar-refractivity contribution >= 4 is 15.9 Å². The standard InChI is InChI=1S/C19H29N3O4S/c1-16-4-6-18(7-5-16)27(24,25)20-9-8-19(23)22-12-10-21(11-13-22)15-17-3-2-14-26-17/h4-7,17,20H,2-3,8-15H2,1H3/t17-/m0/s1. The van der Waals surface area contributed by atoms with Crippen LogP contribution in [0.4, 0.5) is 0 Å². The maximum absolute atomic E-state index is 12.4. The lowest BCUT2D eigenvalue weighted by molar-refractivity contribution is -0.132. The molecule has 0 saturated carbocycles. The fourth-order valence-corrected chi connectivity index (χ4v) is 4.54. The number of amides is 1. The minimum absolute atomic E-state index is 0.00151. The Bertz CT molecular complexity index is 722. The highest BCUT2D eigenvalue weighted by Gasteiger charge is 2.25. The van der Waals surface area contributed by atoms with Crippen LogP contribution in [0.5, 0.6) is 0 Å². The average Bonchev–Trinajstić information content (AvgIpc) is 3.15. The Morgan fingerprint density at radius 3 is 2.52 bits per heavy atom. The number of aryl methyl sites for hydroxylation is 1. The summed E-state index contributed by atoms with van der Waals surface area (Å²) in [6.07, 6.45) is 2.78. The summed E-state index contributed by atoms with van der Waals surface area (Å²) < 4.78 is 32.7. The van der Waals surface area contributed by atoms with E-state index in [1.807, 2.05) is 11.8 Å². The van der Waals surface area contributed by atoms with Crippen LogP contribution in [0.25, 0.3) is 0 Å². The highest BCUT2D eigenvalue weighted by Crippen LogP contribution is 2.15. The lowest BCUT2D eigenvalue weighted by atomic mass is 10.2. The zero-order valence-electron chi connectivity index (χ0n) is 15.9. The predicted octanol–water partition coefficient (Wildman–Crippen LogP) is 0.987. The van der Waals surface area contributed by atoms with Gasteiger partial charge in [-0.3, -0.25) is 9.69 Å². The first kappa shape index (κ1) is 20.3. The van der Waals surface area contributed by atoms with E-state index in [-0.39, 0.29) is 23.8 Å². The molecule has 150 valence electrons. The summed E-state index contributed by atoms with van der Waals surface area (Å²) in [5.74, 6) is -0.00151. The third kappa shape index (κ3) is 5.75. The van der Waals surface area contributed by atoms with Crippen LogP contribution in [0.2, 0.25) is 0 Å². The molecule has 1 atom stereocenters. The number of piperazine rings is 1. The van der Waals surface area contributed by atoms with Crippen molar-refractivity contribution in [3.05, 3.63) is 29.8 Å². The van der Waals surface area contributed by atoms with E-state index in [4.69, 9.17) is 4.74 Å². The van der Waals surface area contributed by atoms with Gasteiger partial charge in [0.15, 0.2) is 0 Å². The summed E-state index contributed by atoms with van der Waals surface area (Å²) in [5, 5.41) is 0. The highest BCUT2D eigenvalue weighted by atomic mass is 32.2. The fraction of sp³-hybridized carbons (Fsp3) is 0.632. The first-order valence-corrected chi connectivity index (χ1v) is 11.1. The quantitative estimate of drug-likeness (QED) is 0.745. The largest absolute Gasteiger partial charge is 0.377 e. The van der Waals surface area contributed by atoms with Crippen LogP contribution in [0.15, 0.2) is 29.2 Å². The molecule has 2 saturated heterocycles. The summed E-state index contributed by atoms with van der Waals surface area (Å²) in [6.45, 7) is 6.90. The van der Waals surface area contributed by atoms with E-state index in [1.54, 1.807) is 24.3 Å². The Morgan fingerprint density at radius 2 is 1.89 bits per heavy atom. The van der Waals surface area contributed by atoms with Gasteiger partial charge >= 0.3 is 0 Å². The van der Waals surface area contributed by atoms with Crippen LogP contribution in [0, 0.1) is 6.92 Å². The Labute approximate surface area is 161 Å². The van der Waals surface area contributed by atoms with Gasteiger partial charge in [0.25, 0.3) is 0 Å². The molecular formula is C19H29N3O4S. The summed E-state index contributed by atoms with van der Waals surface area (Å²) in [4.78, 5) is 16.8. The van der Waals surface area contributed by atoms with Crippen molar-refractivity contribution in [2.75, 3.05) is 45.9 Å². The van der Waals surface area contributed by atoms with Crippen molar-refractivity contribution in [2.24, 2.45) is 0 Å². The number of sulfonamides is 1. The molecule has 7 nitrogen and oxygen atoms in total. The molecule has 0 bridgehead atoms. The minimum Gasteiger partial charge on any atom is -0.377 e. The molecule has 1 aromatic rings. The number of rotatable bonds is 7. The van der Waals surface area contributed by atoms with Gasteiger partial charge in [0.1, 0.15) is 0 Å².